The number of nitrogens with zero attached hydrogens (tertiary/aromatic N) is 2. The van der Waals surface area contributed by atoms with Crippen molar-refractivity contribution in [3.05, 3.63) is 89.7 Å². The van der Waals surface area contributed by atoms with Crippen molar-refractivity contribution in [2.75, 3.05) is 11.9 Å². The van der Waals surface area contributed by atoms with E-state index in [1.54, 1.807) is 0 Å². The summed E-state index contributed by atoms with van der Waals surface area (Å²) in [7, 11) is 0. The summed E-state index contributed by atoms with van der Waals surface area (Å²) >= 11 is 6.16. The molecule has 2 aromatic heterocycles. The molecule has 0 spiro atoms. The third-order valence-corrected chi connectivity index (χ3v) is 4.75. The molecule has 1 N–H and O–H groups in total. The van der Waals surface area contributed by atoms with Gasteiger partial charge in [0.25, 0.3) is 0 Å². The Kier molecular flexibility index (Phi) is 5.31. The monoisotopic (exact) mass is 373 g/mol. The second kappa shape index (κ2) is 8.19. The van der Waals surface area contributed by atoms with Gasteiger partial charge in [-0.2, -0.15) is 0 Å². The van der Waals surface area contributed by atoms with E-state index in [1.807, 2.05) is 60.9 Å². The topological polar surface area (TPSA) is 37.8 Å². The van der Waals surface area contributed by atoms with Crippen molar-refractivity contribution in [3.63, 3.8) is 0 Å². The van der Waals surface area contributed by atoms with E-state index < -0.39 is 0 Å². The van der Waals surface area contributed by atoms with Crippen LogP contribution in [-0.4, -0.2) is 16.5 Å². The molecule has 0 aliphatic carbocycles. The molecule has 0 amide bonds. The molecule has 2 heterocycles. The van der Waals surface area contributed by atoms with Crippen molar-refractivity contribution in [2.24, 2.45) is 0 Å². The fraction of sp³-hybridized carbons (Fsp3) is 0.130. The number of anilines is 1. The standard InChI is InChI=1S/C23H20ClN3/c24-19-9-3-8-18(14-19)22-15-23(20-10-1-2-11-21(20)27-22)26-13-5-7-17-6-4-12-25-16-17/h1-4,6,8-12,14-16H,5,7,13H2,(H,26,27). The maximum Gasteiger partial charge on any atom is 0.0730 e. The van der Waals surface area contributed by atoms with Crippen LogP contribution in [0, 0.1) is 0 Å². The normalized spacial score (nSPS) is 10.9. The Bertz CT molecular complexity index is 1050. The van der Waals surface area contributed by atoms with Crippen LogP contribution in [0.3, 0.4) is 0 Å². The van der Waals surface area contributed by atoms with Crippen molar-refractivity contribution < 1.29 is 0 Å². The average molecular weight is 374 g/mol. The lowest BCUT2D eigenvalue weighted by molar-refractivity contribution is 0.859. The maximum absolute atomic E-state index is 6.16. The largest absolute Gasteiger partial charge is 0.384 e. The SMILES string of the molecule is Clc1cccc(-c2cc(NCCCc3cccnc3)c3ccccc3n2)c1. The molecular formula is C23H20ClN3. The van der Waals surface area contributed by atoms with Crippen LogP contribution in [0.15, 0.2) is 79.1 Å². The molecule has 4 heteroatoms. The van der Waals surface area contributed by atoms with Crippen molar-refractivity contribution >= 4 is 28.2 Å². The molecule has 0 atom stereocenters. The number of aromatic nitrogens is 2. The van der Waals surface area contributed by atoms with Crippen LogP contribution in [0.25, 0.3) is 22.2 Å². The number of nitrogens with one attached hydrogen (secondary N) is 1. The van der Waals surface area contributed by atoms with E-state index in [9.17, 15) is 0 Å². The zero-order valence-corrected chi connectivity index (χ0v) is 15.7. The second-order valence-electron chi connectivity index (χ2n) is 6.47. The Morgan fingerprint density at radius 1 is 0.926 bits per heavy atom. The smallest absolute Gasteiger partial charge is 0.0730 e. The van der Waals surface area contributed by atoms with Gasteiger partial charge < -0.3 is 5.32 Å². The third kappa shape index (κ3) is 4.26. The van der Waals surface area contributed by atoms with Gasteiger partial charge in [0.2, 0.25) is 0 Å². The number of hydrogen-bond donors (Lipinski definition) is 1. The lowest BCUT2D eigenvalue weighted by atomic mass is 10.1. The van der Waals surface area contributed by atoms with Crippen LogP contribution in [0.4, 0.5) is 5.69 Å². The highest BCUT2D eigenvalue weighted by atomic mass is 35.5. The van der Waals surface area contributed by atoms with Gasteiger partial charge in [0.15, 0.2) is 0 Å². The first-order valence-corrected chi connectivity index (χ1v) is 9.46. The Morgan fingerprint density at radius 3 is 2.70 bits per heavy atom. The minimum absolute atomic E-state index is 0.716. The first-order chi connectivity index (χ1) is 13.3. The Morgan fingerprint density at radius 2 is 1.85 bits per heavy atom. The predicted octanol–water partition coefficient (Wildman–Crippen LogP) is 5.99. The van der Waals surface area contributed by atoms with E-state index in [4.69, 9.17) is 16.6 Å². The van der Waals surface area contributed by atoms with Gasteiger partial charge in [-0.05, 0) is 48.7 Å². The van der Waals surface area contributed by atoms with Crippen LogP contribution >= 0.6 is 11.6 Å². The van der Waals surface area contributed by atoms with Gasteiger partial charge >= 0.3 is 0 Å². The van der Waals surface area contributed by atoms with Gasteiger partial charge in [0.1, 0.15) is 0 Å². The summed E-state index contributed by atoms with van der Waals surface area (Å²) in [6.07, 6.45) is 5.78. The van der Waals surface area contributed by atoms with Crippen molar-refractivity contribution in [2.45, 2.75) is 12.8 Å². The molecule has 4 rings (SSSR count). The van der Waals surface area contributed by atoms with Gasteiger partial charge in [-0.1, -0.05) is 48.0 Å². The summed E-state index contributed by atoms with van der Waals surface area (Å²) in [5, 5.41) is 5.43. The van der Waals surface area contributed by atoms with E-state index in [0.29, 0.717) is 5.02 Å². The van der Waals surface area contributed by atoms with E-state index in [0.717, 1.165) is 47.2 Å². The molecule has 0 bridgehead atoms. The van der Waals surface area contributed by atoms with E-state index >= 15 is 0 Å². The Labute approximate surface area is 164 Å². The molecule has 0 unspecified atom stereocenters. The molecule has 4 aromatic rings. The molecule has 27 heavy (non-hydrogen) atoms. The highest BCUT2D eigenvalue weighted by Gasteiger charge is 2.08. The number of hydrogen-bond acceptors (Lipinski definition) is 3. The lowest BCUT2D eigenvalue weighted by Gasteiger charge is -2.12. The molecule has 3 nitrogen and oxygen atoms in total. The summed E-state index contributed by atoms with van der Waals surface area (Å²) in [6, 6.07) is 22.2. The molecule has 0 aliphatic rings. The third-order valence-electron chi connectivity index (χ3n) is 4.52. The molecular weight excluding hydrogens is 354 g/mol. The molecule has 0 saturated heterocycles. The minimum atomic E-state index is 0.716. The van der Waals surface area contributed by atoms with Crippen molar-refractivity contribution in [1.82, 2.24) is 9.97 Å². The summed E-state index contributed by atoms with van der Waals surface area (Å²) in [5.41, 5.74) is 5.28. The van der Waals surface area contributed by atoms with Crippen molar-refractivity contribution in [3.8, 4) is 11.3 Å². The van der Waals surface area contributed by atoms with Crippen molar-refractivity contribution in [1.29, 1.82) is 0 Å². The number of halogens is 1. The van der Waals surface area contributed by atoms with Crippen LogP contribution in [-0.2, 0) is 6.42 Å². The van der Waals surface area contributed by atoms with Gasteiger partial charge in [0, 0.05) is 40.6 Å². The Balaban J connectivity index is 1.57. The molecule has 0 aliphatic heterocycles. The Hall–Kier alpha value is -2.91. The molecule has 2 aromatic carbocycles. The summed E-state index contributed by atoms with van der Waals surface area (Å²) in [6.45, 7) is 0.887. The van der Waals surface area contributed by atoms with Crippen LogP contribution in [0.2, 0.25) is 5.02 Å². The van der Waals surface area contributed by atoms with Crippen LogP contribution < -0.4 is 5.32 Å². The first-order valence-electron chi connectivity index (χ1n) is 9.08. The van der Waals surface area contributed by atoms with E-state index in [1.165, 1.54) is 5.56 Å². The molecule has 0 radical (unpaired) electrons. The molecule has 0 saturated carbocycles. The van der Waals surface area contributed by atoms with Gasteiger partial charge in [-0.15, -0.1) is 0 Å². The van der Waals surface area contributed by atoms with E-state index in [-0.39, 0.29) is 0 Å². The zero-order chi connectivity index (χ0) is 18.5. The summed E-state index contributed by atoms with van der Waals surface area (Å²) < 4.78 is 0. The highest BCUT2D eigenvalue weighted by Crippen LogP contribution is 2.29. The summed E-state index contributed by atoms with van der Waals surface area (Å²) in [4.78, 5) is 8.99. The minimum Gasteiger partial charge on any atom is -0.384 e. The number of benzene rings is 2. The number of aryl methyl sites for hydroxylation is 1. The first kappa shape index (κ1) is 17.5. The number of pyridine rings is 2. The zero-order valence-electron chi connectivity index (χ0n) is 14.9. The van der Waals surface area contributed by atoms with Gasteiger partial charge in [0.05, 0.1) is 11.2 Å². The van der Waals surface area contributed by atoms with Gasteiger partial charge in [-0.3, -0.25) is 4.98 Å². The van der Waals surface area contributed by atoms with Crippen LogP contribution in [0.1, 0.15) is 12.0 Å². The summed E-state index contributed by atoms with van der Waals surface area (Å²) in [5.74, 6) is 0. The van der Waals surface area contributed by atoms with Crippen LogP contribution in [0.5, 0.6) is 0 Å². The maximum atomic E-state index is 6.16. The average Bonchev–Trinajstić information content (AvgIpc) is 2.71. The number of rotatable bonds is 6. The number of fused-ring (bicyclic) bond motifs is 1. The number of para-hydroxylation sites is 1. The predicted molar refractivity (Wildman–Crippen MR) is 113 cm³/mol. The molecule has 0 fully saturated rings. The quantitative estimate of drug-likeness (QED) is 0.421. The fourth-order valence-electron chi connectivity index (χ4n) is 3.18. The fourth-order valence-corrected chi connectivity index (χ4v) is 3.37. The molecule has 134 valence electrons. The second-order valence-corrected chi connectivity index (χ2v) is 6.91. The lowest BCUT2D eigenvalue weighted by Crippen LogP contribution is -2.04. The highest BCUT2D eigenvalue weighted by molar-refractivity contribution is 6.30. The van der Waals surface area contributed by atoms with E-state index in [2.05, 4.69) is 28.5 Å². The van der Waals surface area contributed by atoms with Gasteiger partial charge in [-0.25, -0.2) is 4.98 Å².